The molecule has 2 aromatic heterocycles. The van der Waals surface area contributed by atoms with Crippen LogP contribution >= 0.6 is 0 Å². The summed E-state index contributed by atoms with van der Waals surface area (Å²) in [6.45, 7) is 17.6. The maximum atomic E-state index is 11.7. The number of aliphatic hydroxyl groups excluding tert-OH is 1. The first kappa shape index (κ1) is 41.6. The number of rotatable bonds is 12. The second-order valence-electron chi connectivity index (χ2n) is 14.7. The van der Waals surface area contributed by atoms with E-state index in [0.717, 1.165) is 43.4 Å². The first-order valence-corrected chi connectivity index (χ1v) is 23.5. The zero-order valence-corrected chi connectivity index (χ0v) is 37.2. The Kier molecular flexibility index (Phi) is 15.0. The molecule has 6 heteroatoms. The Morgan fingerprint density at radius 1 is 0.808 bits per heavy atom. The largest absolute Gasteiger partial charge is 0.512 e. The maximum absolute atomic E-state index is 11.7. The summed E-state index contributed by atoms with van der Waals surface area (Å²) in [6.07, 6.45) is 8.03. The van der Waals surface area contributed by atoms with Gasteiger partial charge in [0.15, 0.2) is 5.78 Å². The number of aliphatic hydroxyl groups is 1. The topological polar surface area (TPSA) is 50.2 Å². The fourth-order valence-electron chi connectivity index (χ4n) is 7.24. The number of hydrogen-bond donors (Lipinski definition) is 1. The number of nitrogens with zero attached hydrogens (tertiary/aromatic N) is 1. The summed E-state index contributed by atoms with van der Waals surface area (Å²) in [5, 5.41) is 18.0. The van der Waals surface area contributed by atoms with Gasteiger partial charge in [0.2, 0.25) is 0 Å². The molecule has 0 aliphatic heterocycles. The van der Waals surface area contributed by atoms with Crippen LogP contribution in [-0.2, 0) is 31.3 Å². The molecule has 0 bridgehead atoms. The van der Waals surface area contributed by atoms with Crippen LogP contribution in [0.2, 0.25) is 13.1 Å². The van der Waals surface area contributed by atoms with Gasteiger partial charge in [-0.15, -0.1) is 0 Å². The van der Waals surface area contributed by atoms with E-state index >= 15 is 0 Å². The molecule has 0 aliphatic carbocycles. The van der Waals surface area contributed by atoms with Crippen LogP contribution < -0.4 is 10.4 Å². The van der Waals surface area contributed by atoms with E-state index < -0.39 is 8.07 Å². The summed E-state index contributed by atoms with van der Waals surface area (Å²) >= 11 is 0.242. The summed E-state index contributed by atoms with van der Waals surface area (Å²) in [5.74, 6) is 1.20. The van der Waals surface area contributed by atoms with E-state index in [1.54, 1.807) is 4.26 Å². The van der Waals surface area contributed by atoms with Gasteiger partial charge in [-0.3, -0.25) is 4.79 Å². The molecule has 0 unspecified atom stereocenters. The zero-order valence-electron chi connectivity index (χ0n) is 32.0. The van der Waals surface area contributed by atoms with Crippen LogP contribution in [0.25, 0.3) is 41.3 Å². The molecule has 6 rings (SSSR count). The third-order valence-electron chi connectivity index (χ3n) is 10.4. The van der Waals surface area contributed by atoms with Gasteiger partial charge in [0.1, 0.15) is 0 Å². The first-order chi connectivity index (χ1) is 24.5. The number of carbonyl (C=O) groups excluding carboxylic acids is 1. The number of fused-ring (bicyclic) bond motifs is 4. The fourth-order valence-corrected chi connectivity index (χ4v) is 12.7. The first-order valence-electron chi connectivity index (χ1n) is 18.8. The quantitative estimate of drug-likeness (QED) is 0.0576. The minimum atomic E-state index is -1.94. The van der Waals surface area contributed by atoms with Crippen molar-refractivity contribution in [3.8, 4) is 11.3 Å². The summed E-state index contributed by atoms with van der Waals surface area (Å²) in [4.78, 5) is 16.7. The molecule has 3 nitrogen and oxygen atoms in total. The van der Waals surface area contributed by atoms with Gasteiger partial charge >= 0.3 is 221 Å². The number of ketones is 1. The molecule has 0 saturated heterocycles. The molecular weight excluding hydrogens is 898 g/mol. The van der Waals surface area contributed by atoms with E-state index in [9.17, 15) is 9.90 Å². The molecule has 4 aromatic carbocycles. The van der Waals surface area contributed by atoms with Crippen molar-refractivity contribution in [1.82, 2.24) is 4.98 Å². The molecule has 6 aromatic rings. The van der Waals surface area contributed by atoms with Crippen LogP contribution in [0, 0.1) is 23.8 Å². The number of aromatic nitrogens is 1. The second-order valence-corrected chi connectivity index (χ2v) is 21.2. The van der Waals surface area contributed by atoms with Gasteiger partial charge in [-0.05, 0) is 25.7 Å². The van der Waals surface area contributed by atoms with E-state index in [4.69, 9.17) is 4.98 Å². The van der Waals surface area contributed by atoms with Crippen LogP contribution in [0.15, 0.2) is 103 Å². The van der Waals surface area contributed by atoms with Gasteiger partial charge in [0, 0.05) is 38.0 Å². The fraction of sp³-hybridized carbons (Fsp3) is 0.348. The van der Waals surface area contributed by atoms with Gasteiger partial charge in [-0.2, -0.15) is 0 Å². The van der Waals surface area contributed by atoms with Crippen molar-refractivity contribution in [2.45, 2.75) is 86.7 Å². The SMILES string of the molecule is CC(C)Cc1cccc2c1[se]c1c(-c3[c-]c4ccccc4c([Si](C)(C)c4ccccc4)c3)nccc12.CCC(CC)C(=O)/C=C(\O)C(CC)CC.[Ir]. The van der Waals surface area contributed by atoms with E-state index in [0.29, 0.717) is 5.92 Å². The van der Waals surface area contributed by atoms with Crippen LogP contribution in [0.3, 0.4) is 0 Å². The molecule has 1 radical (unpaired) electrons. The van der Waals surface area contributed by atoms with Crippen molar-refractivity contribution in [2.75, 3.05) is 0 Å². The Morgan fingerprint density at radius 2 is 1.42 bits per heavy atom. The summed E-state index contributed by atoms with van der Waals surface area (Å²) in [6, 6.07) is 35.1. The van der Waals surface area contributed by atoms with Crippen molar-refractivity contribution >= 4 is 68.8 Å². The number of allylic oxidation sites excluding steroid dienone is 2. The minimum absolute atomic E-state index is 0. The number of pyridine rings is 1. The average Bonchev–Trinajstić information content (AvgIpc) is 3.52. The Morgan fingerprint density at radius 3 is 2.08 bits per heavy atom. The molecule has 0 fully saturated rings. The molecule has 1 N–H and O–H groups in total. The Hall–Kier alpha value is -3.11. The van der Waals surface area contributed by atoms with E-state index in [1.165, 1.54) is 47.8 Å². The predicted octanol–water partition coefficient (Wildman–Crippen LogP) is 11.0. The average molecular weight is 952 g/mol. The Balaban J connectivity index is 0.000000323. The Bertz CT molecular complexity index is 2130. The monoisotopic (exact) mass is 953 g/mol. The van der Waals surface area contributed by atoms with E-state index in [-0.39, 0.29) is 58.0 Å². The molecule has 0 atom stereocenters. The molecule has 0 amide bonds. The van der Waals surface area contributed by atoms with Crippen LogP contribution in [0.4, 0.5) is 0 Å². The number of hydrogen-bond acceptors (Lipinski definition) is 3. The third-order valence-corrected chi connectivity index (χ3v) is 16.7. The Labute approximate surface area is 332 Å². The predicted molar refractivity (Wildman–Crippen MR) is 224 cm³/mol. The van der Waals surface area contributed by atoms with E-state index in [2.05, 4.69) is 118 Å². The van der Waals surface area contributed by atoms with Gasteiger partial charge < -0.3 is 5.11 Å². The van der Waals surface area contributed by atoms with Crippen molar-refractivity contribution in [3.05, 3.63) is 115 Å². The normalized spacial score (nSPS) is 12.1. The number of carbonyl (C=O) groups is 1. The molecule has 2 heterocycles. The number of benzene rings is 4. The molecule has 0 saturated carbocycles. The zero-order chi connectivity index (χ0) is 36.7. The summed E-state index contributed by atoms with van der Waals surface area (Å²) < 4.78 is 2.95. The molecular formula is C46H54IrNO2SeSi-. The standard InChI is InChI=1S/C33H30NSeSi.C13H24O2.Ir/c1-22(2)19-24-12-10-16-28-29-17-18-34-31(33(29)35-32(24)28)25-20-23-11-8-9-15-27(23)30(21-25)36(3,4)26-13-6-5-7-14-26;1-5-10(6-2)12(14)9-13(15)11(7-3)8-4;/h5-18,21-22H,19H2,1-4H3;9-11,14H,5-8H2,1-4H3;/q-1;;/b;12-9-;. The third kappa shape index (κ3) is 9.15. The molecule has 52 heavy (non-hydrogen) atoms. The maximum Gasteiger partial charge on any atom is 0.162 e. The molecule has 275 valence electrons. The van der Waals surface area contributed by atoms with E-state index in [1.807, 2.05) is 33.9 Å². The van der Waals surface area contributed by atoms with Crippen molar-refractivity contribution < 1.29 is 30.0 Å². The summed E-state index contributed by atoms with van der Waals surface area (Å²) in [5.41, 5.74) is 3.76. The van der Waals surface area contributed by atoms with Crippen LogP contribution in [0.5, 0.6) is 0 Å². The summed E-state index contributed by atoms with van der Waals surface area (Å²) in [7, 11) is -1.94. The second kappa shape index (κ2) is 18.8. The van der Waals surface area contributed by atoms with Crippen molar-refractivity contribution in [1.29, 1.82) is 0 Å². The van der Waals surface area contributed by atoms with Gasteiger partial charge in [0.05, 0.1) is 5.76 Å². The van der Waals surface area contributed by atoms with Gasteiger partial charge in [-0.1, -0.05) is 27.7 Å². The minimum Gasteiger partial charge on any atom is -0.512 e. The van der Waals surface area contributed by atoms with Crippen LogP contribution in [-0.4, -0.2) is 38.5 Å². The van der Waals surface area contributed by atoms with Crippen LogP contribution in [0.1, 0.15) is 72.8 Å². The van der Waals surface area contributed by atoms with Gasteiger partial charge in [0.25, 0.3) is 0 Å². The molecule has 0 aliphatic rings. The van der Waals surface area contributed by atoms with Gasteiger partial charge in [-0.25, -0.2) is 0 Å². The smallest absolute Gasteiger partial charge is 0.162 e. The van der Waals surface area contributed by atoms with Crippen molar-refractivity contribution in [3.63, 3.8) is 0 Å². The molecule has 0 spiro atoms. The van der Waals surface area contributed by atoms with Crippen molar-refractivity contribution in [2.24, 2.45) is 17.8 Å².